The molecule has 36 heavy (non-hydrogen) atoms. The molecule has 0 spiro atoms. The number of amides is 1. The van der Waals surface area contributed by atoms with Gasteiger partial charge in [0.1, 0.15) is 5.03 Å². The van der Waals surface area contributed by atoms with Gasteiger partial charge in [0.15, 0.2) is 0 Å². The quantitative estimate of drug-likeness (QED) is 0.516. The van der Waals surface area contributed by atoms with Gasteiger partial charge in [-0.15, -0.1) is 0 Å². The van der Waals surface area contributed by atoms with E-state index in [0.717, 1.165) is 37.0 Å². The van der Waals surface area contributed by atoms with Gasteiger partial charge in [-0.2, -0.15) is 4.31 Å². The van der Waals surface area contributed by atoms with Crippen molar-refractivity contribution in [2.45, 2.75) is 24.4 Å². The second-order valence-corrected chi connectivity index (χ2v) is 11.9. The third-order valence-corrected chi connectivity index (χ3v) is 9.23. The van der Waals surface area contributed by atoms with E-state index in [0.29, 0.717) is 23.6 Å². The first-order chi connectivity index (χ1) is 17.4. The van der Waals surface area contributed by atoms with Crippen molar-refractivity contribution < 1.29 is 13.2 Å². The molecule has 3 fully saturated rings. The minimum atomic E-state index is -3.82. The Bertz CT molecular complexity index is 1450. The van der Waals surface area contributed by atoms with Crippen LogP contribution < -0.4 is 5.32 Å². The molecule has 2 N–H and O–H groups in total. The van der Waals surface area contributed by atoms with Crippen LogP contribution in [0, 0.1) is 0 Å². The summed E-state index contributed by atoms with van der Waals surface area (Å²) in [6.07, 6.45) is 2.31. The average Bonchev–Trinajstić information content (AvgIpc) is 3.22. The number of halogens is 1. The number of rotatable bonds is 6. The normalized spacial score (nSPS) is 20.2. The number of carbonyl (C=O) groups excluding carboxylic acids is 1. The molecule has 3 aliphatic heterocycles. The number of carbonyl (C=O) groups is 1. The summed E-state index contributed by atoms with van der Waals surface area (Å²) in [5, 5.41) is 4.77. The molecule has 10 heteroatoms. The Hall–Kier alpha value is -3.01. The first-order valence-corrected chi connectivity index (χ1v) is 14.1. The van der Waals surface area contributed by atoms with Gasteiger partial charge in [0, 0.05) is 67.3 Å². The van der Waals surface area contributed by atoms with Crippen LogP contribution in [0.2, 0.25) is 5.02 Å². The second kappa shape index (κ2) is 9.14. The predicted molar refractivity (Wildman–Crippen MR) is 140 cm³/mol. The summed E-state index contributed by atoms with van der Waals surface area (Å²) < 4.78 is 27.6. The molecule has 4 heterocycles. The Balaban J connectivity index is 1.13. The lowest BCUT2D eigenvalue weighted by atomic mass is 9.99. The van der Waals surface area contributed by atoms with E-state index < -0.39 is 10.0 Å². The molecule has 0 radical (unpaired) electrons. The van der Waals surface area contributed by atoms with Crippen molar-refractivity contribution in [3.8, 4) is 0 Å². The van der Waals surface area contributed by atoms with Gasteiger partial charge in [0.2, 0.25) is 5.91 Å². The van der Waals surface area contributed by atoms with E-state index in [1.165, 1.54) is 27.7 Å². The van der Waals surface area contributed by atoms with Crippen molar-refractivity contribution in [1.29, 1.82) is 0 Å². The number of aromatic nitrogens is 1. The zero-order valence-electron chi connectivity index (χ0n) is 19.8. The van der Waals surface area contributed by atoms with Crippen LogP contribution in [0.1, 0.15) is 24.0 Å². The molecule has 0 bridgehead atoms. The number of hydrogen-bond acceptors (Lipinski definition) is 5. The lowest BCUT2D eigenvalue weighted by Crippen LogP contribution is -2.51. The molecule has 3 saturated heterocycles. The van der Waals surface area contributed by atoms with Gasteiger partial charge in [0.05, 0.1) is 12.2 Å². The van der Waals surface area contributed by atoms with Gasteiger partial charge < -0.3 is 20.1 Å². The summed E-state index contributed by atoms with van der Waals surface area (Å²) in [6, 6.07) is 15.1. The molecule has 1 amide bonds. The first-order valence-electron chi connectivity index (χ1n) is 12.3. The Morgan fingerprint density at radius 1 is 1.00 bits per heavy atom. The molecular weight excluding hydrogens is 498 g/mol. The second-order valence-electron chi connectivity index (χ2n) is 9.56. The van der Waals surface area contributed by atoms with E-state index >= 15 is 0 Å². The van der Waals surface area contributed by atoms with Crippen molar-refractivity contribution in [1.82, 2.24) is 24.4 Å². The standard InChI is InChI=1S/C26H28ClN5O3S/c27-21-6-7-22-20(14-21)15-24(29-22)36(34,35)32-13-12-31(25(33)17-32)16-18-2-4-19(5-3-18)26(23-8-9-28-23)30-10-1-11-30/h2-7,14-15,28-29H,1,8-13,16-17H2. The first kappa shape index (κ1) is 23.4. The van der Waals surface area contributed by atoms with Crippen molar-refractivity contribution in [3.05, 3.63) is 70.4 Å². The van der Waals surface area contributed by atoms with Crippen molar-refractivity contribution in [3.63, 3.8) is 0 Å². The number of nitrogens with zero attached hydrogens (tertiary/aromatic N) is 3. The lowest BCUT2D eigenvalue weighted by molar-refractivity contribution is -0.134. The van der Waals surface area contributed by atoms with Gasteiger partial charge in [0.25, 0.3) is 10.0 Å². The molecule has 8 nitrogen and oxygen atoms in total. The van der Waals surface area contributed by atoms with E-state index in [4.69, 9.17) is 11.6 Å². The fourth-order valence-electron chi connectivity index (χ4n) is 4.94. The van der Waals surface area contributed by atoms with Crippen molar-refractivity contribution in [2.75, 3.05) is 39.3 Å². The van der Waals surface area contributed by atoms with E-state index in [9.17, 15) is 13.2 Å². The van der Waals surface area contributed by atoms with Crippen molar-refractivity contribution >= 4 is 44.1 Å². The third-order valence-electron chi connectivity index (χ3n) is 7.23. The Labute approximate surface area is 215 Å². The molecule has 0 unspecified atom stereocenters. The number of fused-ring (bicyclic) bond motifs is 1. The minimum Gasteiger partial charge on any atom is -0.386 e. The fraction of sp³-hybridized carbons (Fsp3) is 0.346. The number of benzene rings is 2. The van der Waals surface area contributed by atoms with E-state index in [-0.39, 0.29) is 24.0 Å². The zero-order valence-corrected chi connectivity index (χ0v) is 21.4. The number of H-pyrrole nitrogens is 1. The maximum Gasteiger partial charge on any atom is 0.259 e. The smallest absolute Gasteiger partial charge is 0.259 e. The number of sulfonamides is 1. The van der Waals surface area contributed by atoms with Crippen LogP contribution in [-0.4, -0.2) is 72.7 Å². The van der Waals surface area contributed by atoms with Crippen LogP contribution in [0.5, 0.6) is 0 Å². The number of nitrogens with one attached hydrogen (secondary N) is 2. The van der Waals surface area contributed by atoms with Crippen LogP contribution in [0.15, 0.2) is 59.3 Å². The Kier molecular flexibility index (Phi) is 5.94. The molecule has 6 rings (SSSR count). The monoisotopic (exact) mass is 525 g/mol. The highest BCUT2D eigenvalue weighted by atomic mass is 35.5. The number of piperazine rings is 1. The molecule has 2 aromatic carbocycles. The lowest BCUT2D eigenvalue weighted by Gasteiger charge is -2.39. The van der Waals surface area contributed by atoms with Gasteiger partial charge >= 0.3 is 0 Å². The fourth-order valence-corrected chi connectivity index (χ4v) is 6.52. The highest BCUT2D eigenvalue weighted by molar-refractivity contribution is 7.89. The summed E-state index contributed by atoms with van der Waals surface area (Å²) in [6.45, 7) is 4.10. The maximum absolute atomic E-state index is 13.2. The molecule has 3 aliphatic rings. The van der Waals surface area contributed by atoms with E-state index in [1.807, 2.05) is 0 Å². The Morgan fingerprint density at radius 2 is 1.78 bits per heavy atom. The van der Waals surface area contributed by atoms with Gasteiger partial charge in [-0.25, -0.2) is 8.42 Å². The number of aromatic amines is 1. The van der Waals surface area contributed by atoms with Crippen LogP contribution in [0.3, 0.4) is 0 Å². The highest BCUT2D eigenvalue weighted by Crippen LogP contribution is 2.31. The van der Waals surface area contributed by atoms with E-state index in [2.05, 4.69) is 39.5 Å². The summed E-state index contributed by atoms with van der Waals surface area (Å²) in [4.78, 5) is 20.0. The molecule has 0 saturated carbocycles. The van der Waals surface area contributed by atoms with Gasteiger partial charge in [-0.05, 0) is 41.8 Å². The molecule has 0 aliphatic carbocycles. The minimum absolute atomic E-state index is 0.0738. The average molecular weight is 526 g/mol. The molecule has 0 atom stereocenters. The molecule has 3 aromatic rings. The summed E-state index contributed by atoms with van der Waals surface area (Å²) in [5.74, 6) is -0.199. The third kappa shape index (κ3) is 4.25. The van der Waals surface area contributed by atoms with Crippen LogP contribution in [0.4, 0.5) is 0 Å². The number of likely N-dealkylation sites (tertiary alicyclic amines) is 1. The predicted octanol–water partition coefficient (Wildman–Crippen LogP) is 3.22. The maximum atomic E-state index is 13.2. The largest absolute Gasteiger partial charge is 0.386 e. The molecule has 1 aromatic heterocycles. The molecule has 188 valence electrons. The van der Waals surface area contributed by atoms with E-state index in [1.54, 1.807) is 29.2 Å². The van der Waals surface area contributed by atoms with Gasteiger partial charge in [-0.1, -0.05) is 35.9 Å². The van der Waals surface area contributed by atoms with Crippen LogP contribution in [-0.2, 0) is 21.4 Å². The zero-order chi connectivity index (χ0) is 24.9. The number of hydrogen-bond donors (Lipinski definition) is 2. The molecular formula is C26H28ClN5O3S. The summed E-state index contributed by atoms with van der Waals surface area (Å²) >= 11 is 6.03. The van der Waals surface area contributed by atoms with Crippen LogP contribution in [0.25, 0.3) is 16.6 Å². The SMILES string of the molecule is O=C1CN(S(=O)(=O)c2cc3cc(Cl)ccc3[nH]2)CCN1Cc1ccc(C(=C2CCN2)N2CCC2)cc1. The van der Waals surface area contributed by atoms with Crippen LogP contribution >= 0.6 is 11.6 Å². The van der Waals surface area contributed by atoms with Gasteiger partial charge in [-0.3, -0.25) is 4.79 Å². The summed E-state index contributed by atoms with van der Waals surface area (Å²) in [7, 11) is -3.82. The highest BCUT2D eigenvalue weighted by Gasteiger charge is 2.34. The summed E-state index contributed by atoms with van der Waals surface area (Å²) in [5.41, 5.74) is 5.53. The van der Waals surface area contributed by atoms with Crippen molar-refractivity contribution in [2.24, 2.45) is 0 Å². The Morgan fingerprint density at radius 3 is 2.42 bits per heavy atom. The topological polar surface area (TPSA) is 88.8 Å².